The average Bonchev–Trinajstić information content (AvgIpc) is 2.42. The van der Waals surface area contributed by atoms with Crippen LogP contribution in [0.1, 0.15) is 12.5 Å². The molecule has 0 saturated heterocycles. The van der Waals surface area contributed by atoms with Gasteiger partial charge in [-0.05, 0) is 5.56 Å². The minimum absolute atomic E-state index is 0. The normalized spacial score (nSPS) is 11.5. The smallest absolute Gasteiger partial charge is 0.227 e. The molecule has 2 N–H and O–H groups in total. The third kappa shape index (κ3) is 6.05. The number of hydrogen-bond acceptors (Lipinski definition) is 3. The van der Waals surface area contributed by atoms with E-state index < -0.39 is 0 Å². The van der Waals surface area contributed by atoms with Gasteiger partial charge in [-0.15, -0.1) is 12.4 Å². The fourth-order valence-corrected chi connectivity index (χ4v) is 1.68. The van der Waals surface area contributed by atoms with E-state index in [1.807, 2.05) is 37.3 Å². The van der Waals surface area contributed by atoms with E-state index in [2.05, 4.69) is 0 Å². The van der Waals surface area contributed by atoms with Gasteiger partial charge in [0.25, 0.3) is 0 Å². The van der Waals surface area contributed by atoms with Crippen LogP contribution in [-0.2, 0) is 16.1 Å². The van der Waals surface area contributed by atoms with E-state index in [-0.39, 0.29) is 24.2 Å². The highest BCUT2D eigenvalue weighted by Crippen LogP contribution is 2.08. The zero-order valence-electron chi connectivity index (χ0n) is 11.5. The van der Waals surface area contributed by atoms with Gasteiger partial charge in [0.15, 0.2) is 0 Å². The maximum atomic E-state index is 12.2. The predicted octanol–water partition coefficient (Wildman–Crippen LogP) is 1.68. The number of hydrogen-bond donors (Lipinski definition) is 1. The van der Waals surface area contributed by atoms with Crippen molar-refractivity contribution < 1.29 is 9.53 Å². The molecule has 19 heavy (non-hydrogen) atoms. The molecule has 0 heterocycles. The lowest BCUT2D eigenvalue weighted by atomic mass is 10.1. The Morgan fingerprint density at radius 1 is 1.37 bits per heavy atom. The summed E-state index contributed by atoms with van der Waals surface area (Å²) in [5.74, 6) is -0.0658. The van der Waals surface area contributed by atoms with E-state index >= 15 is 0 Å². The molecule has 0 radical (unpaired) electrons. The Bertz CT molecular complexity index is 360. The fraction of sp³-hybridized carbons (Fsp3) is 0.500. The molecule has 0 aliphatic rings. The van der Waals surface area contributed by atoms with Gasteiger partial charge >= 0.3 is 0 Å². The first-order valence-corrected chi connectivity index (χ1v) is 6.20. The molecule has 1 unspecified atom stereocenters. The second-order valence-corrected chi connectivity index (χ2v) is 4.37. The van der Waals surface area contributed by atoms with Crippen molar-refractivity contribution in [1.29, 1.82) is 0 Å². The number of nitrogens with two attached hydrogens (primary N) is 1. The third-order valence-electron chi connectivity index (χ3n) is 2.87. The Labute approximate surface area is 121 Å². The second-order valence-electron chi connectivity index (χ2n) is 4.37. The molecule has 0 spiro atoms. The van der Waals surface area contributed by atoms with Crippen LogP contribution in [-0.4, -0.2) is 37.6 Å². The van der Waals surface area contributed by atoms with E-state index in [0.717, 1.165) is 5.56 Å². The molecule has 0 aliphatic carbocycles. The lowest BCUT2D eigenvalue weighted by molar-refractivity contribution is -0.136. The van der Waals surface area contributed by atoms with Gasteiger partial charge < -0.3 is 15.4 Å². The van der Waals surface area contributed by atoms with Gasteiger partial charge in [-0.2, -0.15) is 0 Å². The van der Waals surface area contributed by atoms with Crippen molar-refractivity contribution in [2.75, 3.05) is 26.8 Å². The minimum atomic E-state index is -0.148. The van der Waals surface area contributed by atoms with Gasteiger partial charge in [-0.25, -0.2) is 0 Å². The second kappa shape index (κ2) is 9.78. The van der Waals surface area contributed by atoms with Crippen molar-refractivity contribution in [3.8, 4) is 0 Å². The summed E-state index contributed by atoms with van der Waals surface area (Å²) in [7, 11) is 1.64. The minimum Gasteiger partial charge on any atom is -0.383 e. The SMILES string of the molecule is COCCN(Cc1ccccc1)C(=O)C(C)CN.Cl. The standard InChI is InChI=1S/C14H22N2O2.ClH/c1-12(10-15)14(17)16(8-9-18-2)11-13-6-4-3-5-7-13;/h3-7,12H,8-11,15H2,1-2H3;1H. The number of nitrogens with zero attached hydrogens (tertiary/aromatic N) is 1. The van der Waals surface area contributed by atoms with Crippen LogP contribution in [0.2, 0.25) is 0 Å². The van der Waals surface area contributed by atoms with Crippen LogP contribution in [0.4, 0.5) is 0 Å². The molecule has 0 aromatic heterocycles. The Balaban J connectivity index is 0.00000324. The molecule has 1 amide bonds. The van der Waals surface area contributed by atoms with E-state index in [1.54, 1.807) is 12.0 Å². The highest BCUT2D eigenvalue weighted by molar-refractivity contribution is 5.85. The molecule has 0 fully saturated rings. The summed E-state index contributed by atoms with van der Waals surface area (Å²) in [6.45, 7) is 3.96. The van der Waals surface area contributed by atoms with E-state index in [4.69, 9.17) is 10.5 Å². The molecule has 0 aliphatic heterocycles. The Kier molecular flexibility index (Phi) is 9.21. The number of methoxy groups -OCH3 is 1. The van der Waals surface area contributed by atoms with Crippen LogP contribution in [0.5, 0.6) is 0 Å². The topological polar surface area (TPSA) is 55.6 Å². The first-order chi connectivity index (χ1) is 8.69. The number of carbonyl (C=O) groups excluding carboxylic acids is 1. The third-order valence-corrected chi connectivity index (χ3v) is 2.87. The maximum Gasteiger partial charge on any atom is 0.227 e. The summed E-state index contributed by atoms with van der Waals surface area (Å²) in [6.07, 6.45) is 0. The van der Waals surface area contributed by atoms with Gasteiger partial charge in [0.2, 0.25) is 5.91 Å². The van der Waals surface area contributed by atoms with E-state index in [0.29, 0.717) is 26.2 Å². The Morgan fingerprint density at radius 2 is 2.00 bits per heavy atom. The molecule has 1 rings (SSSR count). The van der Waals surface area contributed by atoms with Gasteiger partial charge in [-0.1, -0.05) is 37.3 Å². The Morgan fingerprint density at radius 3 is 2.53 bits per heavy atom. The van der Waals surface area contributed by atoms with Crippen LogP contribution >= 0.6 is 12.4 Å². The first-order valence-electron chi connectivity index (χ1n) is 6.20. The highest BCUT2D eigenvalue weighted by atomic mass is 35.5. The van der Waals surface area contributed by atoms with Crippen molar-refractivity contribution in [3.63, 3.8) is 0 Å². The van der Waals surface area contributed by atoms with Crippen LogP contribution < -0.4 is 5.73 Å². The van der Waals surface area contributed by atoms with Gasteiger partial charge in [0.05, 0.1) is 6.61 Å². The molecule has 108 valence electrons. The first kappa shape index (κ1) is 17.9. The van der Waals surface area contributed by atoms with Gasteiger partial charge in [0.1, 0.15) is 0 Å². The Hall–Kier alpha value is -1.10. The summed E-state index contributed by atoms with van der Waals surface area (Å²) in [5.41, 5.74) is 6.67. The summed E-state index contributed by atoms with van der Waals surface area (Å²) in [6, 6.07) is 9.94. The lowest BCUT2D eigenvalue weighted by Crippen LogP contribution is -2.39. The molecule has 0 bridgehead atoms. The maximum absolute atomic E-state index is 12.2. The highest BCUT2D eigenvalue weighted by Gasteiger charge is 2.19. The van der Waals surface area contributed by atoms with E-state index in [1.165, 1.54) is 0 Å². The molecular formula is C14H23ClN2O2. The number of amides is 1. The van der Waals surface area contributed by atoms with Crippen LogP contribution in [0.3, 0.4) is 0 Å². The zero-order valence-corrected chi connectivity index (χ0v) is 12.4. The summed E-state index contributed by atoms with van der Waals surface area (Å²) < 4.78 is 5.05. The van der Waals surface area contributed by atoms with Gasteiger partial charge in [0, 0.05) is 32.7 Å². The average molecular weight is 287 g/mol. The quantitative estimate of drug-likeness (QED) is 0.830. The van der Waals surface area contributed by atoms with Crippen LogP contribution in [0, 0.1) is 5.92 Å². The molecule has 5 heteroatoms. The van der Waals surface area contributed by atoms with Crippen molar-refractivity contribution in [1.82, 2.24) is 4.90 Å². The molecule has 1 aromatic carbocycles. The number of benzene rings is 1. The lowest BCUT2D eigenvalue weighted by Gasteiger charge is -2.25. The molecule has 4 nitrogen and oxygen atoms in total. The monoisotopic (exact) mass is 286 g/mol. The predicted molar refractivity (Wildman–Crippen MR) is 79.2 cm³/mol. The number of halogens is 1. The largest absolute Gasteiger partial charge is 0.383 e. The molecule has 1 atom stereocenters. The number of carbonyl (C=O) groups is 1. The summed E-state index contributed by atoms with van der Waals surface area (Å²) >= 11 is 0. The van der Waals surface area contributed by atoms with Crippen LogP contribution in [0.15, 0.2) is 30.3 Å². The summed E-state index contributed by atoms with van der Waals surface area (Å²) in [5, 5.41) is 0. The number of rotatable bonds is 7. The van der Waals surface area contributed by atoms with Crippen molar-refractivity contribution in [2.45, 2.75) is 13.5 Å². The van der Waals surface area contributed by atoms with Gasteiger partial charge in [-0.3, -0.25) is 4.79 Å². The molecular weight excluding hydrogens is 264 g/mol. The summed E-state index contributed by atoms with van der Waals surface area (Å²) in [4.78, 5) is 14.0. The fourth-order valence-electron chi connectivity index (χ4n) is 1.68. The van der Waals surface area contributed by atoms with E-state index in [9.17, 15) is 4.79 Å². The van der Waals surface area contributed by atoms with Crippen molar-refractivity contribution in [3.05, 3.63) is 35.9 Å². The van der Waals surface area contributed by atoms with Crippen LogP contribution in [0.25, 0.3) is 0 Å². The van der Waals surface area contributed by atoms with Crippen molar-refractivity contribution >= 4 is 18.3 Å². The zero-order chi connectivity index (χ0) is 13.4. The van der Waals surface area contributed by atoms with Crippen molar-refractivity contribution in [2.24, 2.45) is 11.7 Å². The molecule has 0 saturated carbocycles. The number of ether oxygens (including phenoxy) is 1. The molecule has 1 aromatic rings.